The Morgan fingerprint density at radius 2 is 1.90 bits per heavy atom. The molecule has 1 aliphatic heterocycles. The molecule has 0 spiro atoms. The maximum absolute atomic E-state index is 11.8. The molecule has 1 atom stereocenters. The SMILES string of the molecule is CC(CN1CCCC1=O)NC(c1cccs1)c1cccs1. The van der Waals surface area contributed by atoms with Crippen LogP contribution in [0.15, 0.2) is 35.0 Å². The van der Waals surface area contributed by atoms with Gasteiger partial charge < -0.3 is 10.2 Å². The molecule has 3 nitrogen and oxygen atoms in total. The molecule has 21 heavy (non-hydrogen) atoms. The maximum atomic E-state index is 11.8. The zero-order valence-corrected chi connectivity index (χ0v) is 13.8. The van der Waals surface area contributed by atoms with Gasteiger partial charge in [0.2, 0.25) is 5.91 Å². The van der Waals surface area contributed by atoms with E-state index in [0.717, 1.165) is 19.5 Å². The van der Waals surface area contributed by atoms with E-state index in [-0.39, 0.29) is 12.1 Å². The molecule has 0 aromatic carbocycles. The molecule has 2 aromatic heterocycles. The Balaban J connectivity index is 1.68. The molecule has 0 saturated carbocycles. The molecule has 3 heterocycles. The standard InChI is InChI=1S/C16H20N2OS2/c1-12(11-18-8-2-7-15(18)19)17-16(13-5-3-9-20-13)14-6-4-10-21-14/h3-6,9-10,12,16-17H,2,7-8,11H2,1H3. The van der Waals surface area contributed by atoms with Crippen molar-refractivity contribution in [3.05, 3.63) is 44.8 Å². The molecule has 1 N–H and O–H groups in total. The molecular formula is C16H20N2OS2. The molecule has 0 radical (unpaired) electrons. The van der Waals surface area contributed by atoms with Gasteiger partial charge in [0.1, 0.15) is 0 Å². The van der Waals surface area contributed by atoms with Gasteiger partial charge in [-0.05, 0) is 36.2 Å². The second-order valence-corrected chi connectivity index (χ2v) is 7.43. The predicted octanol–water partition coefficient (Wildman–Crippen LogP) is 3.50. The summed E-state index contributed by atoms with van der Waals surface area (Å²) in [5, 5.41) is 7.93. The van der Waals surface area contributed by atoms with E-state index in [0.29, 0.717) is 12.3 Å². The summed E-state index contributed by atoms with van der Waals surface area (Å²) in [5.41, 5.74) is 0. The van der Waals surface area contributed by atoms with Crippen molar-refractivity contribution in [2.24, 2.45) is 0 Å². The van der Waals surface area contributed by atoms with E-state index in [2.05, 4.69) is 47.3 Å². The van der Waals surface area contributed by atoms with Crippen LogP contribution in [0.4, 0.5) is 0 Å². The van der Waals surface area contributed by atoms with E-state index in [1.54, 1.807) is 22.7 Å². The van der Waals surface area contributed by atoms with Gasteiger partial charge in [0.15, 0.2) is 0 Å². The van der Waals surface area contributed by atoms with Crippen molar-refractivity contribution in [1.29, 1.82) is 0 Å². The predicted molar refractivity (Wildman–Crippen MR) is 88.9 cm³/mol. The van der Waals surface area contributed by atoms with Crippen molar-refractivity contribution in [2.45, 2.75) is 31.8 Å². The number of thiophene rings is 2. The Morgan fingerprint density at radius 3 is 2.38 bits per heavy atom. The maximum Gasteiger partial charge on any atom is 0.222 e. The average Bonchev–Trinajstić information content (AvgIpc) is 3.19. The van der Waals surface area contributed by atoms with E-state index < -0.39 is 0 Å². The summed E-state index contributed by atoms with van der Waals surface area (Å²) in [6.07, 6.45) is 1.72. The number of carbonyl (C=O) groups is 1. The largest absolute Gasteiger partial charge is 0.341 e. The van der Waals surface area contributed by atoms with Gasteiger partial charge in [0.05, 0.1) is 6.04 Å². The van der Waals surface area contributed by atoms with Crippen LogP contribution >= 0.6 is 22.7 Å². The van der Waals surface area contributed by atoms with Crippen LogP contribution < -0.4 is 5.32 Å². The zero-order chi connectivity index (χ0) is 14.7. The number of nitrogens with zero attached hydrogens (tertiary/aromatic N) is 1. The van der Waals surface area contributed by atoms with Gasteiger partial charge in [-0.3, -0.25) is 4.79 Å². The van der Waals surface area contributed by atoms with Crippen molar-refractivity contribution >= 4 is 28.6 Å². The molecule has 1 saturated heterocycles. The monoisotopic (exact) mass is 320 g/mol. The molecule has 0 aliphatic carbocycles. The van der Waals surface area contributed by atoms with Crippen molar-refractivity contribution in [1.82, 2.24) is 10.2 Å². The van der Waals surface area contributed by atoms with Crippen LogP contribution in [0.2, 0.25) is 0 Å². The van der Waals surface area contributed by atoms with Gasteiger partial charge in [-0.1, -0.05) is 12.1 Å². The first kappa shape index (κ1) is 14.8. The lowest BCUT2D eigenvalue weighted by Gasteiger charge is -2.26. The fraction of sp³-hybridized carbons (Fsp3) is 0.438. The van der Waals surface area contributed by atoms with Crippen LogP contribution in [0.5, 0.6) is 0 Å². The Kier molecular flexibility index (Phi) is 4.73. The van der Waals surface area contributed by atoms with E-state index in [1.165, 1.54) is 9.75 Å². The highest BCUT2D eigenvalue weighted by Gasteiger charge is 2.24. The Labute approximate surface area is 133 Å². The second kappa shape index (κ2) is 6.73. The summed E-state index contributed by atoms with van der Waals surface area (Å²) < 4.78 is 0. The number of nitrogens with one attached hydrogen (secondary N) is 1. The van der Waals surface area contributed by atoms with E-state index in [1.807, 2.05) is 4.90 Å². The molecular weight excluding hydrogens is 300 g/mol. The number of hydrogen-bond donors (Lipinski definition) is 1. The molecule has 3 rings (SSSR count). The van der Waals surface area contributed by atoms with Gasteiger partial charge in [0.25, 0.3) is 0 Å². The molecule has 2 aromatic rings. The van der Waals surface area contributed by atoms with E-state index in [4.69, 9.17) is 0 Å². The summed E-state index contributed by atoms with van der Waals surface area (Å²) in [6, 6.07) is 9.05. The first-order chi connectivity index (χ1) is 10.2. The van der Waals surface area contributed by atoms with Crippen LogP contribution in [0.1, 0.15) is 35.6 Å². The molecule has 1 unspecified atom stereocenters. The molecule has 5 heteroatoms. The number of carbonyl (C=O) groups excluding carboxylic acids is 1. The van der Waals surface area contributed by atoms with Crippen molar-refractivity contribution < 1.29 is 4.79 Å². The third kappa shape index (κ3) is 3.54. The lowest BCUT2D eigenvalue weighted by atomic mass is 10.1. The number of hydrogen-bond acceptors (Lipinski definition) is 4. The van der Waals surface area contributed by atoms with Crippen molar-refractivity contribution in [3.8, 4) is 0 Å². The van der Waals surface area contributed by atoms with Gasteiger partial charge in [-0.25, -0.2) is 0 Å². The van der Waals surface area contributed by atoms with Crippen molar-refractivity contribution in [3.63, 3.8) is 0 Å². The minimum absolute atomic E-state index is 0.234. The lowest BCUT2D eigenvalue weighted by molar-refractivity contribution is -0.127. The highest BCUT2D eigenvalue weighted by Crippen LogP contribution is 2.29. The average molecular weight is 320 g/mol. The highest BCUT2D eigenvalue weighted by atomic mass is 32.1. The Bertz CT molecular complexity index is 531. The summed E-state index contributed by atoms with van der Waals surface area (Å²) in [6.45, 7) is 3.87. The van der Waals surface area contributed by atoms with Crippen LogP contribution in [0, 0.1) is 0 Å². The minimum Gasteiger partial charge on any atom is -0.341 e. The fourth-order valence-electron chi connectivity index (χ4n) is 2.78. The van der Waals surface area contributed by atoms with Crippen molar-refractivity contribution in [2.75, 3.05) is 13.1 Å². The molecule has 0 bridgehead atoms. The number of likely N-dealkylation sites (tertiary alicyclic amines) is 1. The topological polar surface area (TPSA) is 32.3 Å². The Hall–Kier alpha value is -1.17. The van der Waals surface area contributed by atoms with Crippen LogP contribution in [0.3, 0.4) is 0 Å². The molecule has 1 fully saturated rings. The zero-order valence-electron chi connectivity index (χ0n) is 12.1. The lowest BCUT2D eigenvalue weighted by Crippen LogP contribution is -2.41. The summed E-state index contributed by atoms with van der Waals surface area (Å²) in [5.74, 6) is 0.299. The quantitative estimate of drug-likeness (QED) is 0.883. The highest BCUT2D eigenvalue weighted by molar-refractivity contribution is 7.11. The van der Waals surface area contributed by atoms with Gasteiger partial charge in [0, 0.05) is 35.3 Å². The van der Waals surface area contributed by atoms with Crippen LogP contribution in [0.25, 0.3) is 0 Å². The first-order valence-electron chi connectivity index (χ1n) is 7.34. The fourth-order valence-corrected chi connectivity index (χ4v) is 4.46. The van der Waals surface area contributed by atoms with E-state index in [9.17, 15) is 4.79 Å². The summed E-state index contributed by atoms with van der Waals surface area (Å²) >= 11 is 3.56. The normalized spacial score (nSPS) is 16.9. The molecule has 1 amide bonds. The van der Waals surface area contributed by atoms with Crippen LogP contribution in [-0.4, -0.2) is 29.9 Å². The van der Waals surface area contributed by atoms with Crippen LogP contribution in [-0.2, 0) is 4.79 Å². The minimum atomic E-state index is 0.234. The third-order valence-corrected chi connectivity index (χ3v) is 5.65. The summed E-state index contributed by atoms with van der Waals surface area (Å²) in [4.78, 5) is 16.4. The van der Waals surface area contributed by atoms with Gasteiger partial charge >= 0.3 is 0 Å². The smallest absolute Gasteiger partial charge is 0.222 e. The Morgan fingerprint density at radius 1 is 1.24 bits per heavy atom. The number of rotatable bonds is 6. The number of amides is 1. The summed E-state index contributed by atoms with van der Waals surface area (Å²) in [7, 11) is 0. The molecule has 1 aliphatic rings. The van der Waals surface area contributed by atoms with E-state index >= 15 is 0 Å². The second-order valence-electron chi connectivity index (χ2n) is 5.47. The van der Waals surface area contributed by atoms with Gasteiger partial charge in [-0.2, -0.15) is 0 Å². The third-order valence-electron chi connectivity index (χ3n) is 3.77. The molecule has 112 valence electrons. The first-order valence-corrected chi connectivity index (χ1v) is 9.10. The van der Waals surface area contributed by atoms with Gasteiger partial charge in [-0.15, -0.1) is 22.7 Å².